The molecule has 0 aliphatic heterocycles. The number of hydrogen-bond acceptors (Lipinski definition) is 4. The molecule has 140 valence electrons. The van der Waals surface area contributed by atoms with Crippen LogP contribution < -0.4 is 24.8 Å². The van der Waals surface area contributed by atoms with Crippen LogP contribution in [-0.4, -0.2) is 27.4 Å². The van der Waals surface area contributed by atoms with Gasteiger partial charge in [-0.25, -0.2) is 9.18 Å². The maximum absolute atomic E-state index is 13.5. The maximum Gasteiger partial charge on any atom is 0.315 e. The molecule has 0 heterocycles. The van der Waals surface area contributed by atoms with Crippen LogP contribution in [0.4, 0.5) is 9.18 Å². The number of nitrogens with one attached hydrogen (secondary N) is 2. The number of rotatable bonds is 7. The van der Waals surface area contributed by atoms with Crippen molar-refractivity contribution in [2.24, 2.45) is 0 Å². The SMILES string of the molecule is COc1cc(CNC(=O)NCc2ccc(C)c(F)c2)cc(OC)c1OC. The van der Waals surface area contributed by atoms with Crippen LogP contribution in [0.25, 0.3) is 0 Å². The lowest BCUT2D eigenvalue weighted by molar-refractivity contribution is 0.240. The summed E-state index contributed by atoms with van der Waals surface area (Å²) in [6.07, 6.45) is 0. The van der Waals surface area contributed by atoms with E-state index in [9.17, 15) is 9.18 Å². The molecule has 0 aromatic heterocycles. The van der Waals surface area contributed by atoms with Crippen LogP contribution in [0.1, 0.15) is 16.7 Å². The normalized spacial score (nSPS) is 10.2. The summed E-state index contributed by atoms with van der Waals surface area (Å²) in [6.45, 7) is 2.19. The van der Waals surface area contributed by atoms with Gasteiger partial charge in [0.15, 0.2) is 11.5 Å². The number of ether oxygens (including phenoxy) is 3. The Hall–Kier alpha value is -2.96. The molecule has 0 aliphatic rings. The van der Waals surface area contributed by atoms with Gasteiger partial charge in [-0.2, -0.15) is 0 Å². The number of aryl methyl sites for hydroxylation is 1. The minimum Gasteiger partial charge on any atom is -0.493 e. The van der Waals surface area contributed by atoms with Crippen molar-refractivity contribution in [3.05, 3.63) is 52.8 Å². The molecule has 2 aromatic carbocycles. The molecule has 0 bridgehead atoms. The summed E-state index contributed by atoms with van der Waals surface area (Å²) in [7, 11) is 4.59. The number of amides is 2. The fraction of sp³-hybridized carbons (Fsp3) is 0.316. The molecular weight excluding hydrogens is 339 g/mol. The smallest absolute Gasteiger partial charge is 0.315 e. The Labute approximate surface area is 152 Å². The molecule has 26 heavy (non-hydrogen) atoms. The second-order valence-corrected chi connectivity index (χ2v) is 5.65. The molecule has 6 nitrogen and oxygen atoms in total. The largest absolute Gasteiger partial charge is 0.493 e. The molecule has 2 aromatic rings. The zero-order chi connectivity index (χ0) is 19.1. The summed E-state index contributed by atoms with van der Waals surface area (Å²) in [5.74, 6) is 1.23. The number of methoxy groups -OCH3 is 3. The first kappa shape index (κ1) is 19.4. The lowest BCUT2D eigenvalue weighted by Crippen LogP contribution is -2.34. The van der Waals surface area contributed by atoms with Gasteiger partial charge in [0.25, 0.3) is 0 Å². The van der Waals surface area contributed by atoms with Gasteiger partial charge in [-0.15, -0.1) is 0 Å². The standard InChI is InChI=1S/C19H23FN2O4/c1-12-5-6-13(7-15(12)20)10-21-19(23)22-11-14-8-16(24-2)18(26-4)17(9-14)25-3/h5-9H,10-11H2,1-4H3,(H2,21,22,23). The van der Waals surface area contributed by atoms with Gasteiger partial charge >= 0.3 is 6.03 Å². The monoisotopic (exact) mass is 362 g/mol. The summed E-state index contributed by atoms with van der Waals surface area (Å²) < 4.78 is 29.3. The third-order valence-electron chi connectivity index (χ3n) is 3.87. The molecule has 0 spiro atoms. The van der Waals surface area contributed by atoms with Crippen LogP contribution in [0.5, 0.6) is 17.2 Å². The minimum absolute atomic E-state index is 0.234. The van der Waals surface area contributed by atoms with Crippen LogP contribution in [0.3, 0.4) is 0 Å². The number of benzene rings is 2. The Morgan fingerprint density at radius 2 is 1.50 bits per heavy atom. The Kier molecular flexibility index (Phi) is 6.66. The van der Waals surface area contributed by atoms with Crippen molar-refractivity contribution in [1.82, 2.24) is 10.6 Å². The number of carbonyl (C=O) groups is 1. The van der Waals surface area contributed by atoms with Crippen molar-refractivity contribution in [2.45, 2.75) is 20.0 Å². The van der Waals surface area contributed by atoms with Crippen LogP contribution in [0.2, 0.25) is 0 Å². The average molecular weight is 362 g/mol. The van der Waals surface area contributed by atoms with Crippen molar-refractivity contribution in [2.75, 3.05) is 21.3 Å². The van der Waals surface area contributed by atoms with E-state index in [2.05, 4.69) is 10.6 Å². The highest BCUT2D eigenvalue weighted by atomic mass is 19.1. The van der Waals surface area contributed by atoms with Gasteiger partial charge in [-0.05, 0) is 41.8 Å². The first-order chi connectivity index (χ1) is 12.5. The molecule has 0 aliphatic carbocycles. The summed E-state index contributed by atoms with van der Waals surface area (Å²) >= 11 is 0. The number of hydrogen-bond donors (Lipinski definition) is 2. The average Bonchev–Trinajstić information content (AvgIpc) is 2.66. The van der Waals surface area contributed by atoms with Crippen molar-refractivity contribution in [1.29, 1.82) is 0 Å². The second-order valence-electron chi connectivity index (χ2n) is 5.65. The summed E-state index contributed by atoms with van der Waals surface area (Å²) in [5, 5.41) is 5.43. The Balaban J connectivity index is 1.95. The molecule has 0 radical (unpaired) electrons. The lowest BCUT2D eigenvalue weighted by atomic mass is 10.1. The lowest BCUT2D eigenvalue weighted by Gasteiger charge is -2.14. The van der Waals surface area contributed by atoms with Gasteiger partial charge in [-0.1, -0.05) is 12.1 Å². The van der Waals surface area contributed by atoms with Gasteiger partial charge in [0.1, 0.15) is 5.82 Å². The molecule has 0 saturated carbocycles. The van der Waals surface area contributed by atoms with Crippen molar-refractivity contribution < 1.29 is 23.4 Å². The third-order valence-corrected chi connectivity index (χ3v) is 3.87. The zero-order valence-electron chi connectivity index (χ0n) is 15.3. The summed E-state index contributed by atoms with van der Waals surface area (Å²) in [5.41, 5.74) is 2.05. The summed E-state index contributed by atoms with van der Waals surface area (Å²) in [6, 6.07) is 8.03. The molecule has 0 fully saturated rings. The minimum atomic E-state index is -0.361. The molecule has 2 N–H and O–H groups in total. The van der Waals surface area contributed by atoms with E-state index in [1.54, 1.807) is 31.2 Å². The molecule has 0 saturated heterocycles. The molecule has 2 amide bonds. The van der Waals surface area contributed by atoms with Gasteiger partial charge in [-0.3, -0.25) is 0 Å². The van der Waals surface area contributed by atoms with Gasteiger partial charge < -0.3 is 24.8 Å². The van der Waals surface area contributed by atoms with E-state index < -0.39 is 0 Å². The van der Waals surface area contributed by atoms with E-state index in [1.807, 2.05) is 0 Å². The first-order valence-electron chi connectivity index (χ1n) is 8.04. The van der Waals surface area contributed by atoms with Crippen LogP contribution in [-0.2, 0) is 13.1 Å². The zero-order valence-corrected chi connectivity index (χ0v) is 15.3. The van der Waals surface area contributed by atoms with E-state index in [0.717, 1.165) is 5.56 Å². The molecule has 7 heteroatoms. The van der Waals surface area contributed by atoms with Crippen LogP contribution >= 0.6 is 0 Å². The van der Waals surface area contributed by atoms with Crippen molar-refractivity contribution in [3.63, 3.8) is 0 Å². The highest BCUT2D eigenvalue weighted by Gasteiger charge is 2.13. The van der Waals surface area contributed by atoms with E-state index >= 15 is 0 Å². The van der Waals surface area contributed by atoms with Crippen LogP contribution in [0.15, 0.2) is 30.3 Å². The second kappa shape index (κ2) is 8.94. The van der Waals surface area contributed by atoms with E-state index in [4.69, 9.17) is 14.2 Å². The Bertz CT molecular complexity index is 755. The van der Waals surface area contributed by atoms with Crippen molar-refractivity contribution >= 4 is 6.03 Å². The Morgan fingerprint density at radius 3 is 2.00 bits per heavy atom. The predicted molar refractivity (Wildman–Crippen MR) is 96.3 cm³/mol. The maximum atomic E-state index is 13.5. The highest BCUT2D eigenvalue weighted by molar-refractivity contribution is 5.73. The summed E-state index contributed by atoms with van der Waals surface area (Å²) in [4.78, 5) is 12.0. The Morgan fingerprint density at radius 1 is 0.923 bits per heavy atom. The topological polar surface area (TPSA) is 68.8 Å². The molecule has 2 rings (SSSR count). The fourth-order valence-electron chi connectivity index (χ4n) is 2.41. The van der Waals surface area contributed by atoms with Crippen LogP contribution in [0, 0.1) is 12.7 Å². The molecule has 0 atom stereocenters. The predicted octanol–water partition coefficient (Wildman–Crippen LogP) is 3.16. The first-order valence-corrected chi connectivity index (χ1v) is 8.04. The van der Waals surface area contributed by atoms with Gasteiger partial charge in [0.05, 0.1) is 21.3 Å². The number of halogens is 1. The number of urea groups is 1. The highest BCUT2D eigenvalue weighted by Crippen LogP contribution is 2.38. The third kappa shape index (κ3) is 4.78. The fourth-order valence-corrected chi connectivity index (χ4v) is 2.41. The van der Waals surface area contributed by atoms with Crippen molar-refractivity contribution in [3.8, 4) is 17.2 Å². The molecule has 0 unspecified atom stereocenters. The quantitative estimate of drug-likeness (QED) is 0.794. The van der Waals surface area contributed by atoms with Gasteiger partial charge in [0.2, 0.25) is 5.75 Å². The number of carbonyl (C=O) groups excluding carboxylic acids is 1. The molecular formula is C19H23FN2O4. The van der Waals surface area contributed by atoms with E-state index in [1.165, 1.54) is 27.4 Å². The van der Waals surface area contributed by atoms with E-state index in [-0.39, 0.29) is 24.9 Å². The van der Waals surface area contributed by atoms with Gasteiger partial charge in [0, 0.05) is 13.1 Å². The van der Waals surface area contributed by atoms with E-state index in [0.29, 0.717) is 28.4 Å².